The smallest absolute Gasteiger partial charge is 0.205 e. The molecule has 2 aromatic heterocycles. The average molecular weight is 226 g/mol. The van der Waals surface area contributed by atoms with Crippen LogP contribution in [0, 0.1) is 0 Å². The molecule has 0 aliphatic carbocycles. The van der Waals surface area contributed by atoms with Gasteiger partial charge < -0.3 is 5.32 Å². The number of aryl methyl sites for hydroxylation is 1. The van der Waals surface area contributed by atoms with Gasteiger partial charge >= 0.3 is 0 Å². The summed E-state index contributed by atoms with van der Waals surface area (Å²) in [4.78, 5) is 5.21. The Bertz CT molecular complexity index is 382. The minimum atomic E-state index is 0.781. The molecule has 0 radical (unpaired) electrons. The van der Waals surface area contributed by atoms with E-state index in [1.165, 1.54) is 4.88 Å². The van der Waals surface area contributed by atoms with Gasteiger partial charge in [-0.2, -0.15) is 0 Å². The van der Waals surface area contributed by atoms with Crippen LogP contribution in [0.2, 0.25) is 0 Å². The van der Waals surface area contributed by atoms with E-state index in [1.807, 2.05) is 11.7 Å². The standard InChI is InChI=1S/C8H10N4S2/c1-2-7-11-12-8(14-7)10-4-6-3-9-5-13-6/h3,5H,2,4H2,1H3,(H,10,12). The minimum Gasteiger partial charge on any atom is -0.355 e. The van der Waals surface area contributed by atoms with Gasteiger partial charge in [-0.25, -0.2) is 0 Å². The number of rotatable bonds is 4. The molecule has 74 valence electrons. The second-order valence-corrected chi connectivity index (χ2v) is 4.71. The van der Waals surface area contributed by atoms with E-state index in [0.717, 1.165) is 23.1 Å². The van der Waals surface area contributed by atoms with E-state index in [-0.39, 0.29) is 0 Å². The van der Waals surface area contributed by atoms with Crippen molar-refractivity contribution >= 4 is 27.8 Å². The average Bonchev–Trinajstić information content (AvgIpc) is 2.86. The van der Waals surface area contributed by atoms with E-state index < -0.39 is 0 Å². The Kier molecular flexibility index (Phi) is 3.05. The van der Waals surface area contributed by atoms with Crippen LogP contribution in [0.5, 0.6) is 0 Å². The highest BCUT2D eigenvalue weighted by molar-refractivity contribution is 7.15. The molecule has 0 aliphatic rings. The molecule has 2 heterocycles. The zero-order valence-electron chi connectivity index (χ0n) is 7.73. The maximum Gasteiger partial charge on any atom is 0.205 e. The maximum atomic E-state index is 4.03. The summed E-state index contributed by atoms with van der Waals surface area (Å²) < 4.78 is 0. The molecule has 0 atom stereocenters. The van der Waals surface area contributed by atoms with Gasteiger partial charge in [-0.15, -0.1) is 21.5 Å². The van der Waals surface area contributed by atoms with Crippen molar-refractivity contribution in [1.82, 2.24) is 15.2 Å². The third kappa shape index (κ3) is 2.27. The SMILES string of the molecule is CCc1nnc(NCc2cncs2)s1. The Balaban J connectivity index is 1.92. The highest BCUT2D eigenvalue weighted by Crippen LogP contribution is 2.17. The van der Waals surface area contributed by atoms with Crippen LogP contribution in [-0.2, 0) is 13.0 Å². The fourth-order valence-corrected chi connectivity index (χ4v) is 2.17. The topological polar surface area (TPSA) is 50.7 Å². The van der Waals surface area contributed by atoms with Crippen molar-refractivity contribution in [2.24, 2.45) is 0 Å². The lowest BCUT2D eigenvalue weighted by atomic mass is 10.5. The van der Waals surface area contributed by atoms with Crippen LogP contribution < -0.4 is 5.32 Å². The first-order valence-electron chi connectivity index (χ1n) is 4.32. The molecule has 4 nitrogen and oxygen atoms in total. The number of nitrogens with one attached hydrogen (secondary N) is 1. The van der Waals surface area contributed by atoms with Crippen molar-refractivity contribution in [3.05, 3.63) is 21.6 Å². The molecule has 2 aromatic rings. The van der Waals surface area contributed by atoms with Crippen molar-refractivity contribution in [1.29, 1.82) is 0 Å². The van der Waals surface area contributed by atoms with Crippen molar-refractivity contribution in [3.8, 4) is 0 Å². The number of nitrogens with zero attached hydrogens (tertiary/aromatic N) is 3. The summed E-state index contributed by atoms with van der Waals surface area (Å²) in [6.07, 6.45) is 2.80. The Hall–Kier alpha value is -1.01. The quantitative estimate of drug-likeness (QED) is 0.868. The van der Waals surface area contributed by atoms with Crippen LogP contribution >= 0.6 is 22.7 Å². The Labute approximate surface area is 90.0 Å². The Morgan fingerprint density at radius 3 is 3.00 bits per heavy atom. The molecule has 0 amide bonds. The summed E-state index contributed by atoms with van der Waals surface area (Å²) in [6, 6.07) is 0. The largest absolute Gasteiger partial charge is 0.355 e. The highest BCUT2D eigenvalue weighted by Gasteiger charge is 2.01. The molecule has 0 bridgehead atoms. The molecule has 14 heavy (non-hydrogen) atoms. The number of aromatic nitrogens is 3. The van der Waals surface area contributed by atoms with Crippen molar-refractivity contribution in [2.45, 2.75) is 19.9 Å². The summed E-state index contributed by atoms with van der Waals surface area (Å²) in [5, 5.41) is 13.2. The third-order valence-corrected chi connectivity index (χ3v) is 3.47. The first-order chi connectivity index (χ1) is 6.88. The van der Waals surface area contributed by atoms with Gasteiger partial charge in [0.1, 0.15) is 5.01 Å². The van der Waals surface area contributed by atoms with Gasteiger partial charge in [0.25, 0.3) is 0 Å². The predicted molar refractivity (Wildman–Crippen MR) is 58.7 cm³/mol. The number of hydrogen-bond donors (Lipinski definition) is 1. The van der Waals surface area contributed by atoms with Crippen LogP contribution in [0.4, 0.5) is 5.13 Å². The molecule has 0 saturated heterocycles. The zero-order chi connectivity index (χ0) is 9.80. The van der Waals surface area contributed by atoms with Gasteiger partial charge in [-0.05, 0) is 6.42 Å². The molecule has 0 aliphatic heterocycles. The van der Waals surface area contributed by atoms with Crippen molar-refractivity contribution in [2.75, 3.05) is 5.32 Å². The molecular formula is C8H10N4S2. The number of hydrogen-bond acceptors (Lipinski definition) is 6. The molecule has 2 rings (SSSR count). The molecule has 0 aromatic carbocycles. The normalized spacial score (nSPS) is 10.4. The van der Waals surface area contributed by atoms with Crippen LogP contribution in [0.1, 0.15) is 16.8 Å². The van der Waals surface area contributed by atoms with E-state index in [2.05, 4.69) is 27.4 Å². The molecule has 1 N–H and O–H groups in total. The predicted octanol–water partition coefficient (Wildman–Crippen LogP) is 2.17. The van der Waals surface area contributed by atoms with E-state index in [0.29, 0.717) is 0 Å². The second kappa shape index (κ2) is 4.47. The van der Waals surface area contributed by atoms with Crippen molar-refractivity contribution in [3.63, 3.8) is 0 Å². The van der Waals surface area contributed by atoms with Crippen molar-refractivity contribution < 1.29 is 0 Å². The molecule has 0 fully saturated rings. The van der Waals surface area contributed by atoms with Gasteiger partial charge in [0.05, 0.1) is 12.1 Å². The van der Waals surface area contributed by atoms with Gasteiger partial charge in [0.15, 0.2) is 0 Å². The van der Waals surface area contributed by atoms with E-state index >= 15 is 0 Å². The van der Waals surface area contributed by atoms with E-state index in [9.17, 15) is 0 Å². The summed E-state index contributed by atoms with van der Waals surface area (Å²) >= 11 is 3.24. The first-order valence-corrected chi connectivity index (χ1v) is 6.01. The minimum absolute atomic E-state index is 0.781. The molecule has 0 saturated carbocycles. The third-order valence-electron chi connectivity index (χ3n) is 1.67. The maximum absolute atomic E-state index is 4.03. The van der Waals surface area contributed by atoms with Gasteiger partial charge in [-0.3, -0.25) is 4.98 Å². The second-order valence-electron chi connectivity index (χ2n) is 2.68. The van der Waals surface area contributed by atoms with E-state index in [4.69, 9.17) is 0 Å². The summed E-state index contributed by atoms with van der Waals surface area (Å²) in [7, 11) is 0. The van der Waals surface area contributed by atoms with E-state index in [1.54, 1.807) is 22.7 Å². The molecular weight excluding hydrogens is 216 g/mol. The van der Waals surface area contributed by atoms with Gasteiger partial charge in [-0.1, -0.05) is 18.3 Å². The lowest BCUT2D eigenvalue weighted by Crippen LogP contribution is -1.96. The van der Waals surface area contributed by atoms with Gasteiger partial charge in [0.2, 0.25) is 5.13 Å². The lowest BCUT2D eigenvalue weighted by Gasteiger charge is -1.96. The Morgan fingerprint density at radius 1 is 1.43 bits per heavy atom. The number of anilines is 1. The fourth-order valence-electron chi connectivity index (χ4n) is 0.960. The summed E-state index contributed by atoms with van der Waals surface area (Å²) in [5.74, 6) is 0. The van der Waals surface area contributed by atoms with Gasteiger partial charge in [0, 0.05) is 11.1 Å². The number of thiazole rings is 1. The first kappa shape index (κ1) is 9.54. The van der Waals surface area contributed by atoms with Crippen LogP contribution in [0.3, 0.4) is 0 Å². The summed E-state index contributed by atoms with van der Waals surface area (Å²) in [5.41, 5.74) is 1.83. The summed E-state index contributed by atoms with van der Waals surface area (Å²) in [6.45, 7) is 2.86. The molecule has 0 spiro atoms. The fraction of sp³-hybridized carbons (Fsp3) is 0.375. The molecule has 0 unspecified atom stereocenters. The lowest BCUT2D eigenvalue weighted by molar-refractivity contribution is 0.977. The highest BCUT2D eigenvalue weighted by atomic mass is 32.1. The monoisotopic (exact) mass is 226 g/mol. The molecule has 6 heteroatoms. The van der Waals surface area contributed by atoms with Crippen LogP contribution in [0.15, 0.2) is 11.7 Å². The Morgan fingerprint density at radius 2 is 2.36 bits per heavy atom. The van der Waals surface area contributed by atoms with Crippen LogP contribution in [-0.4, -0.2) is 15.2 Å². The van der Waals surface area contributed by atoms with Crippen LogP contribution in [0.25, 0.3) is 0 Å². The zero-order valence-corrected chi connectivity index (χ0v) is 9.36.